The number of benzene rings is 2. The second-order valence-corrected chi connectivity index (χ2v) is 9.43. The Hall–Kier alpha value is -2.35. The lowest BCUT2D eigenvalue weighted by molar-refractivity contribution is -0.148. The number of ketones is 1. The van der Waals surface area contributed by atoms with Crippen molar-refractivity contribution in [2.45, 2.75) is 22.1 Å². The van der Waals surface area contributed by atoms with Crippen molar-refractivity contribution in [2.24, 2.45) is 5.92 Å². The van der Waals surface area contributed by atoms with Gasteiger partial charge < -0.3 is 10.1 Å². The van der Waals surface area contributed by atoms with Crippen LogP contribution in [0.25, 0.3) is 0 Å². The fourth-order valence-electron chi connectivity index (χ4n) is 5.20. The highest BCUT2D eigenvalue weighted by Gasteiger charge is 2.77. The van der Waals surface area contributed by atoms with E-state index in [0.717, 1.165) is 4.90 Å². The molecule has 3 heterocycles. The lowest BCUT2D eigenvalue weighted by Gasteiger charge is -2.41. The summed E-state index contributed by atoms with van der Waals surface area (Å²) in [4.78, 5) is 43.3. The molecule has 0 aliphatic carbocycles. The Bertz CT molecular complexity index is 1120. The van der Waals surface area contributed by atoms with E-state index in [-0.39, 0.29) is 24.8 Å². The molecule has 3 atom stereocenters. The van der Waals surface area contributed by atoms with Gasteiger partial charge in [0, 0.05) is 33.3 Å². The third-order valence-electron chi connectivity index (χ3n) is 6.32. The standard InChI is InChI=1S/C22H19ClN2O4S/c1-3-29-19(27)15-11-25(2)21(14-10-12(23)8-9-16(14)24-20(21)28)22(15)18(26)13-6-4-5-7-17(13)30-22/h4-10,15H,3,11H2,1-2H3,(H,24,28)/t15-,21-,22-/m0/s1. The van der Waals surface area contributed by atoms with Crippen LogP contribution >= 0.6 is 23.4 Å². The van der Waals surface area contributed by atoms with Gasteiger partial charge in [0.2, 0.25) is 0 Å². The highest BCUT2D eigenvalue weighted by molar-refractivity contribution is 8.02. The molecule has 3 aliphatic heterocycles. The normalized spacial score (nSPS) is 29.4. The van der Waals surface area contributed by atoms with Crippen molar-refractivity contribution in [3.63, 3.8) is 0 Å². The van der Waals surface area contributed by atoms with Crippen LogP contribution in [-0.4, -0.2) is 47.5 Å². The summed E-state index contributed by atoms with van der Waals surface area (Å²) in [7, 11) is 1.77. The summed E-state index contributed by atoms with van der Waals surface area (Å²) in [5.41, 5.74) is 0.355. The second kappa shape index (κ2) is 6.57. The number of nitrogens with zero attached hydrogens (tertiary/aromatic N) is 1. The molecule has 6 nitrogen and oxygen atoms in total. The zero-order chi connectivity index (χ0) is 21.3. The Morgan fingerprint density at radius 3 is 2.80 bits per heavy atom. The minimum absolute atomic E-state index is 0.197. The average Bonchev–Trinajstić information content (AvgIpc) is 3.28. The number of halogens is 1. The number of carbonyl (C=O) groups excluding carboxylic acids is 3. The predicted octanol–water partition coefficient (Wildman–Crippen LogP) is 3.34. The molecule has 154 valence electrons. The number of amides is 1. The van der Waals surface area contributed by atoms with Gasteiger partial charge in [-0.15, -0.1) is 11.8 Å². The van der Waals surface area contributed by atoms with Crippen molar-refractivity contribution in [3.8, 4) is 0 Å². The van der Waals surface area contributed by atoms with Crippen LogP contribution in [0.4, 0.5) is 5.69 Å². The topological polar surface area (TPSA) is 75.7 Å². The molecule has 0 unspecified atom stereocenters. The van der Waals surface area contributed by atoms with Gasteiger partial charge in [-0.1, -0.05) is 29.8 Å². The van der Waals surface area contributed by atoms with Crippen LogP contribution < -0.4 is 5.32 Å². The molecule has 0 radical (unpaired) electrons. The van der Waals surface area contributed by atoms with Crippen molar-refractivity contribution in [1.82, 2.24) is 4.90 Å². The fraction of sp³-hybridized carbons (Fsp3) is 0.318. The smallest absolute Gasteiger partial charge is 0.312 e. The van der Waals surface area contributed by atoms with E-state index in [0.29, 0.717) is 21.8 Å². The van der Waals surface area contributed by atoms with E-state index in [2.05, 4.69) is 5.32 Å². The Kier molecular flexibility index (Phi) is 4.29. The van der Waals surface area contributed by atoms with Gasteiger partial charge in [0.25, 0.3) is 5.91 Å². The number of thioether (sulfide) groups is 1. The van der Waals surface area contributed by atoms with Crippen LogP contribution in [0.3, 0.4) is 0 Å². The molecule has 8 heteroatoms. The summed E-state index contributed by atoms with van der Waals surface area (Å²) >= 11 is 7.60. The number of nitrogens with one attached hydrogen (secondary N) is 1. The molecule has 30 heavy (non-hydrogen) atoms. The lowest BCUT2D eigenvalue weighted by Crippen LogP contribution is -2.61. The van der Waals surface area contributed by atoms with Crippen molar-refractivity contribution in [1.29, 1.82) is 0 Å². The number of carbonyl (C=O) groups is 3. The molecule has 3 aliphatic rings. The first kappa shape index (κ1) is 19.6. The molecular formula is C22H19ClN2O4S. The number of rotatable bonds is 2. The van der Waals surface area contributed by atoms with Crippen LogP contribution in [0.5, 0.6) is 0 Å². The summed E-state index contributed by atoms with van der Waals surface area (Å²) < 4.78 is 3.98. The molecule has 2 aromatic carbocycles. The number of esters is 1. The number of fused-ring (bicyclic) bond motifs is 4. The highest BCUT2D eigenvalue weighted by atomic mass is 35.5. The van der Waals surface area contributed by atoms with Crippen molar-refractivity contribution < 1.29 is 19.1 Å². The summed E-state index contributed by atoms with van der Waals surface area (Å²) in [6, 6.07) is 12.4. The zero-order valence-electron chi connectivity index (χ0n) is 16.4. The van der Waals surface area contributed by atoms with Gasteiger partial charge in [-0.05, 0) is 38.2 Å². The SMILES string of the molecule is CCOC(=O)[C@@H]1CN(C)[C@@]2(C(=O)Nc3ccc(Cl)cc32)[C@]12Sc1ccccc1C2=O. The molecule has 0 saturated carbocycles. The van der Waals surface area contributed by atoms with Crippen molar-refractivity contribution >= 4 is 46.7 Å². The fourth-order valence-corrected chi connectivity index (χ4v) is 7.15. The molecule has 2 aromatic rings. The van der Waals surface area contributed by atoms with Crippen LogP contribution in [0, 0.1) is 5.92 Å². The van der Waals surface area contributed by atoms with Gasteiger partial charge in [0.15, 0.2) is 11.3 Å². The number of likely N-dealkylation sites (tertiary alicyclic amines) is 1. The molecule has 5 rings (SSSR count). The number of hydrogen-bond donors (Lipinski definition) is 1. The quantitative estimate of drug-likeness (QED) is 0.719. The van der Waals surface area contributed by atoms with Crippen LogP contribution in [0.15, 0.2) is 47.4 Å². The van der Waals surface area contributed by atoms with Crippen LogP contribution in [0.2, 0.25) is 5.02 Å². The average molecular weight is 443 g/mol. The number of Topliss-reactive ketones (excluding diaryl/α,β-unsaturated/α-hetero) is 1. The van der Waals surface area contributed by atoms with E-state index in [4.69, 9.17) is 16.3 Å². The maximum Gasteiger partial charge on any atom is 0.312 e. The first-order chi connectivity index (χ1) is 14.4. The summed E-state index contributed by atoms with van der Waals surface area (Å²) in [5.74, 6) is -1.85. The molecule has 0 aromatic heterocycles. The minimum atomic E-state index is -1.39. The Labute approximate surface area is 182 Å². The molecule has 2 spiro atoms. The van der Waals surface area contributed by atoms with Gasteiger partial charge in [-0.25, -0.2) is 0 Å². The molecule has 0 bridgehead atoms. The van der Waals surface area contributed by atoms with E-state index >= 15 is 0 Å². The first-order valence-electron chi connectivity index (χ1n) is 9.70. The summed E-state index contributed by atoms with van der Waals surface area (Å²) in [6.45, 7) is 2.14. The van der Waals surface area contributed by atoms with Crippen LogP contribution in [-0.2, 0) is 19.9 Å². The van der Waals surface area contributed by atoms with Crippen molar-refractivity contribution in [3.05, 3.63) is 58.6 Å². The molecule has 1 N–H and O–H groups in total. The van der Waals surface area contributed by atoms with Gasteiger partial charge >= 0.3 is 5.97 Å². The summed E-state index contributed by atoms with van der Waals surface area (Å²) in [6.07, 6.45) is 0. The summed E-state index contributed by atoms with van der Waals surface area (Å²) in [5, 5.41) is 3.38. The van der Waals surface area contributed by atoms with E-state index in [9.17, 15) is 14.4 Å². The van der Waals surface area contributed by atoms with E-state index < -0.39 is 22.2 Å². The highest BCUT2D eigenvalue weighted by Crippen LogP contribution is 2.66. The Balaban J connectivity index is 1.82. The van der Waals surface area contributed by atoms with E-state index in [1.165, 1.54) is 11.8 Å². The first-order valence-corrected chi connectivity index (χ1v) is 10.9. The molecule has 1 saturated heterocycles. The minimum Gasteiger partial charge on any atom is -0.466 e. The van der Waals surface area contributed by atoms with Gasteiger partial charge in [0.05, 0.1) is 12.5 Å². The molecular weight excluding hydrogens is 424 g/mol. The number of anilines is 1. The molecule has 1 fully saturated rings. The Morgan fingerprint density at radius 2 is 2.07 bits per heavy atom. The maximum absolute atomic E-state index is 14.0. The zero-order valence-corrected chi connectivity index (χ0v) is 18.0. The van der Waals surface area contributed by atoms with E-state index in [1.54, 1.807) is 44.3 Å². The van der Waals surface area contributed by atoms with Crippen LogP contribution in [0.1, 0.15) is 22.8 Å². The number of hydrogen-bond acceptors (Lipinski definition) is 6. The van der Waals surface area contributed by atoms with Gasteiger partial charge in [-0.2, -0.15) is 0 Å². The maximum atomic E-state index is 14.0. The monoisotopic (exact) mass is 442 g/mol. The third-order valence-corrected chi connectivity index (χ3v) is 8.21. The van der Waals surface area contributed by atoms with Gasteiger partial charge in [0.1, 0.15) is 4.75 Å². The second-order valence-electron chi connectivity index (χ2n) is 7.70. The number of likely N-dealkylation sites (N-methyl/N-ethyl adjacent to an activating group) is 1. The van der Waals surface area contributed by atoms with E-state index in [1.807, 2.05) is 17.0 Å². The lowest BCUT2D eigenvalue weighted by atomic mass is 9.71. The number of ether oxygens (including phenoxy) is 1. The third kappa shape index (κ3) is 2.18. The Morgan fingerprint density at radius 1 is 1.30 bits per heavy atom. The largest absolute Gasteiger partial charge is 0.466 e. The van der Waals surface area contributed by atoms with Gasteiger partial charge in [-0.3, -0.25) is 19.3 Å². The van der Waals surface area contributed by atoms with Crippen molar-refractivity contribution in [2.75, 3.05) is 25.5 Å². The molecule has 1 amide bonds. The predicted molar refractivity (Wildman–Crippen MR) is 114 cm³/mol.